The quantitative estimate of drug-likeness (QED) is 0.856. The molecule has 0 spiro atoms. The van der Waals surface area contributed by atoms with E-state index in [-0.39, 0.29) is 0 Å². The summed E-state index contributed by atoms with van der Waals surface area (Å²) in [5, 5.41) is 3.50. The average molecular weight is 279 g/mol. The smallest absolute Gasteiger partial charge is 0.0113 e. The van der Waals surface area contributed by atoms with Crippen LogP contribution in [-0.4, -0.2) is 61.2 Å². The molecule has 0 bridgehead atoms. The Balaban J connectivity index is 1.45. The van der Waals surface area contributed by atoms with Gasteiger partial charge in [-0.3, -0.25) is 9.80 Å². The van der Waals surface area contributed by atoms with Crippen molar-refractivity contribution in [2.75, 3.05) is 33.2 Å². The zero-order valence-corrected chi connectivity index (χ0v) is 13.3. The Morgan fingerprint density at radius 1 is 0.700 bits per heavy atom. The first-order chi connectivity index (χ1) is 9.86. The third kappa shape index (κ3) is 3.55. The first-order valence-electron chi connectivity index (χ1n) is 9.02. The Kier molecular flexibility index (Phi) is 5.36. The lowest BCUT2D eigenvalue weighted by atomic mass is 9.89. The summed E-state index contributed by atoms with van der Waals surface area (Å²) in [4.78, 5) is 5.59. The lowest BCUT2D eigenvalue weighted by molar-refractivity contribution is 0.0424. The van der Waals surface area contributed by atoms with Crippen LogP contribution in [0.4, 0.5) is 0 Å². The van der Waals surface area contributed by atoms with Crippen molar-refractivity contribution in [3.63, 3.8) is 0 Å². The van der Waals surface area contributed by atoms with Gasteiger partial charge in [0.15, 0.2) is 0 Å². The van der Waals surface area contributed by atoms with Crippen molar-refractivity contribution < 1.29 is 0 Å². The molecule has 2 atom stereocenters. The summed E-state index contributed by atoms with van der Waals surface area (Å²) in [6, 6.07) is 2.54. The molecular weight excluding hydrogens is 246 g/mol. The van der Waals surface area contributed by atoms with Crippen molar-refractivity contribution in [1.29, 1.82) is 0 Å². The van der Waals surface area contributed by atoms with E-state index in [0.29, 0.717) is 0 Å². The molecule has 20 heavy (non-hydrogen) atoms. The van der Waals surface area contributed by atoms with E-state index in [4.69, 9.17) is 0 Å². The lowest BCUT2D eigenvalue weighted by Gasteiger charge is -2.45. The molecule has 3 aliphatic rings. The maximum Gasteiger partial charge on any atom is 0.0113 e. The second kappa shape index (κ2) is 7.24. The van der Waals surface area contributed by atoms with Gasteiger partial charge in [0.1, 0.15) is 0 Å². The summed E-state index contributed by atoms with van der Waals surface area (Å²) >= 11 is 0. The van der Waals surface area contributed by atoms with Crippen molar-refractivity contribution in [2.45, 2.75) is 75.9 Å². The monoisotopic (exact) mass is 279 g/mol. The van der Waals surface area contributed by atoms with Crippen LogP contribution < -0.4 is 5.32 Å². The molecule has 0 aromatic heterocycles. The summed E-state index contributed by atoms with van der Waals surface area (Å²) in [5.74, 6) is 0. The molecule has 0 radical (unpaired) electrons. The highest BCUT2D eigenvalue weighted by Crippen LogP contribution is 2.27. The molecule has 116 valence electrons. The molecule has 1 N–H and O–H groups in total. The normalized spacial score (nSPS) is 35.2. The molecule has 1 aliphatic heterocycles. The van der Waals surface area contributed by atoms with Gasteiger partial charge in [0.05, 0.1) is 0 Å². The van der Waals surface area contributed by atoms with Crippen LogP contribution >= 0.6 is 0 Å². The number of hydrogen-bond donors (Lipinski definition) is 1. The molecule has 0 aromatic carbocycles. The minimum Gasteiger partial charge on any atom is -0.317 e. The molecule has 1 heterocycles. The van der Waals surface area contributed by atoms with E-state index in [9.17, 15) is 0 Å². The summed E-state index contributed by atoms with van der Waals surface area (Å²) < 4.78 is 0. The molecular formula is C17H33N3. The SMILES string of the molecule is CN[C@@H]1CCC[C@H](N2CCN(C3CCCCC3)CC2)C1. The third-order valence-corrected chi connectivity index (χ3v) is 6.01. The van der Waals surface area contributed by atoms with Crippen molar-refractivity contribution >= 4 is 0 Å². The number of nitrogens with zero attached hydrogens (tertiary/aromatic N) is 2. The molecule has 3 heteroatoms. The standard InChI is InChI=1S/C17H33N3/c1-18-15-6-5-9-17(14-15)20-12-10-19(11-13-20)16-7-3-2-4-8-16/h15-18H,2-14H2,1H3/t15-,17+/m1/s1. The summed E-state index contributed by atoms with van der Waals surface area (Å²) in [6.07, 6.45) is 12.9. The topological polar surface area (TPSA) is 18.5 Å². The van der Waals surface area contributed by atoms with Gasteiger partial charge in [0.25, 0.3) is 0 Å². The Labute approximate surface area is 125 Å². The molecule has 0 unspecified atom stereocenters. The van der Waals surface area contributed by atoms with Gasteiger partial charge in [-0.15, -0.1) is 0 Å². The molecule has 0 amide bonds. The fraction of sp³-hybridized carbons (Fsp3) is 1.00. The molecule has 1 saturated heterocycles. The van der Waals surface area contributed by atoms with Crippen LogP contribution in [0.5, 0.6) is 0 Å². The van der Waals surface area contributed by atoms with E-state index >= 15 is 0 Å². The third-order valence-electron chi connectivity index (χ3n) is 6.01. The predicted octanol–water partition coefficient (Wildman–Crippen LogP) is 2.47. The van der Waals surface area contributed by atoms with E-state index in [1.165, 1.54) is 84.0 Å². The first kappa shape index (κ1) is 14.8. The van der Waals surface area contributed by atoms with Gasteiger partial charge in [-0.05, 0) is 39.2 Å². The van der Waals surface area contributed by atoms with Crippen molar-refractivity contribution in [3.05, 3.63) is 0 Å². The van der Waals surface area contributed by atoms with E-state index in [1.807, 2.05) is 0 Å². The summed E-state index contributed by atoms with van der Waals surface area (Å²) in [6.45, 7) is 5.28. The minimum atomic E-state index is 0.769. The second-order valence-corrected chi connectivity index (χ2v) is 7.17. The van der Waals surface area contributed by atoms with E-state index in [1.54, 1.807) is 0 Å². The van der Waals surface area contributed by atoms with Crippen molar-refractivity contribution in [2.24, 2.45) is 0 Å². The number of rotatable bonds is 3. The number of nitrogens with one attached hydrogen (secondary N) is 1. The van der Waals surface area contributed by atoms with Crippen LogP contribution in [0.15, 0.2) is 0 Å². The maximum absolute atomic E-state index is 3.50. The van der Waals surface area contributed by atoms with Gasteiger partial charge < -0.3 is 5.32 Å². The number of hydrogen-bond acceptors (Lipinski definition) is 3. The van der Waals surface area contributed by atoms with Gasteiger partial charge >= 0.3 is 0 Å². The molecule has 0 aromatic rings. The maximum atomic E-state index is 3.50. The van der Waals surface area contributed by atoms with Gasteiger partial charge in [-0.25, -0.2) is 0 Å². The van der Waals surface area contributed by atoms with E-state index in [0.717, 1.165) is 18.1 Å². The van der Waals surface area contributed by atoms with Gasteiger partial charge in [-0.1, -0.05) is 25.7 Å². The highest BCUT2D eigenvalue weighted by molar-refractivity contribution is 4.87. The highest BCUT2D eigenvalue weighted by Gasteiger charge is 2.30. The summed E-state index contributed by atoms with van der Waals surface area (Å²) in [7, 11) is 2.13. The summed E-state index contributed by atoms with van der Waals surface area (Å²) in [5.41, 5.74) is 0. The predicted molar refractivity (Wildman–Crippen MR) is 85.1 cm³/mol. The van der Waals surface area contributed by atoms with E-state index < -0.39 is 0 Å². The Bertz CT molecular complexity index is 280. The fourth-order valence-electron chi connectivity index (χ4n) is 4.67. The van der Waals surface area contributed by atoms with Crippen LogP contribution in [0.25, 0.3) is 0 Å². The fourth-order valence-corrected chi connectivity index (χ4v) is 4.67. The van der Waals surface area contributed by atoms with Crippen LogP contribution in [0.2, 0.25) is 0 Å². The zero-order valence-electron chi connectivity index (χ0n) is 13.3. The Morgan fingerprint density at radius 3 is 1.95 bits per heavy atom. The Morgan fingerprint density at radius 2 is 1.30 bits per heavy atom. The van der Waals surface area contributed by atoms with Gasteiger partial charge in [-0.2, -0.15) is 0 Å². The minimum absolute atomic E-state index is 0.769. The number of piperazine rings is 1. The second-order valence-electron chi connectivity index (χ2n) is 7.17. The van der Waals surface area contributed by atoms with Gasteiger partial charge in [0.2, 0.25) is 0 Å². The Hall–Kier alpha value is -0.120. The first-order valence-corrected chi connectivity index (χ1v) is 9.02. The zero-order chi connectivity index (χ0) is 13.8. The highest BCUT2D eigenvalue weighted by atomic mass is 15.3. The van der Waals surface area contributed by atoms with Crippen molar-refractivity contribution in [1.82, 2.24) is 15.1 Å². The van der Waals surface area contributed by atoms with E-state index in [2.05, 4.69) is 22.2 Å². The molecule has 3 nitrogen and oxygen atoms in total. The van der Waals surface area contributed by atoms with Gasteiger partial charge in [0, 0.05) is 44.3 Å². The van der Waals surface area contributed by atoms with Crippen LogP contribution in [-0.2, 0) is 0 Å². The lowest BCUT2D eigenvalue weighted by Crippen LogP contribution is -2.55. The van der Waals surface area contributed by atoms with Crippen molar-refractivity contribution in [3.8, 4) is 0 Å². The average Bonchev–Trinajstić information content (AvgIpc) is 2.56. The largest absolute Gasteiger partial charge is 0.317 e. The van der Waals surface area contributed by atoms with Crippen LogP contribution in [0.1, 0.15) is 57.8 Å². The van der Waals surface area contributed by atoms with Crippen LogP contribution in [0.3, 0.4) is 0 Å². The molecule has 3 fully saturated rings. The molecule has 2 saturated carbocycles. The van der Waals surface area contributed by atoms with Crippen LogP contribution in [0, 0.1) is 0 Å². The molecule has 3 rings (SSSR count). The molecule has 2 aliphatic carbocycles.